The molecular formula is C13H29N3O2S. The largest absolute Gasteiger partial charge is 0.330 e. The Labute approximate surface area is 118 Å². The van der Waals surface area contributed by atoms with E-state index < -0.39 is 10.2 Å². The fraction of sp³-hybridized carbons (Fsp3) is 1.00. The Balaban J connectivity index is 2.75. The average molecular weight is 291 g/mol. The summed E-state index contributed by atoms with van der Waals surface area (Å²) in [6.07, 6.45) is 6.13. The summed E-state index contributed by atoms with van der Waals surface area (Å²) in [4.78, 5) is 0. The Morgan fingerprint density at radius 1 is 1.21 bits per heavy atom. The second-order valence-electron chi connectivity index (χ2n) is 5.55. The maximum Gasteiger partial charge on any atom is 0.281 e. The standard InChI is InChI=1S/C13H29N3O2S/c1-4-5-10-15(2)19(17,18)16(3)13-9-7-6-8-12(13)11-14/h12-13H,4-11,14H2,1-3H3. The summed E-state index contributed by atoms with van der Waals surface area (Å²) in [5, 5.41) is 0. The van der Waals surface area contributed by atoms with Crippen LogP contribution in [0, 0.1) is 5.92 Å². The number of nitrogens with zero attached hydrogens (tertiary/aromatic N) is 2. The van der Waals surface area contributed by atoms with Crippen LogP contribution in [-0.2, 0) is 10.2 Å². The van der Waals surface area contributed by atoms with Gasteiger partial charge in [-0.15, -0.1) is 0 Å². The highest BCUT2D eigenvalue weighted by Gasteiger charge is 2.35. The first-order valence-corrected chi connectivity index (χ1v) is 8.74. The van der Waals surface area contributed by atoms with Crippen molar-refractivity contribution in [2.75, 3.05) is 27.2 Å². The van der Waals surface area contributed by atoms with Gasteiger partial charge < -0.3 is 5.73 Å². The van der Waals surface area contributed by atoms with E-state index in [-0.39, 0.29) is 6.04 Å². The summed E-state index contributed by atoms with van der Waals surface area (Å²) in [5.41, 5.74) is 5.80. The highest BCUT2D eigenvalue weighted by molar-refractivity contribution is 7.86. The number of rotatable bonds is 7. The van der Waals surface area contributed by atoms with Gasteiger partial charge in [0.2, 0.25) is 0 Å². The van der Waals surface area contributed by atoms with Gasteiger partial charge in [-0.3, -0.25) is 0 Å². The number of hydrogen-bond acceptors (Lipinski definition) is 3. The summed E-state index contributed by atoms with van der Waals surface area (Å²) >= 11 is 0. The van der Waals surface area contributed by atoms with E-state index in [1.54, 1.807) is 18.4 Å². The minimum atomic E-state index is -3.34. The lowest BCUT2D eigenvalue weighted by atomic mass is 9.85. The molecule has 1 aliphatic carbocycles. The first kappa shape index (κ1) is 16.9. The number of nitrogens with two attached hydrogens (primary N) is 1. The van der Waals surface area contributed by atoms with Gasteiger partial charge in [0, 0.05) is 26.7 Å². The van der Waals surface area contributed by atoms with E-state index in [4.69, 9.17) is 5.73 Å². The lowest BCUT2D eigenvalue weighted by molar-refractivity contribution is 0.196. The SMILES string of the molecule is CCCCN(C)S(=O)(=O)N(C)C1CCCCC1CN. The van der Waals surface area contributed by atoms with Crippen LogP contribution < -0.4 is 5.73 Å². The van der Waals surface area contributed by atoms with Crippen molar-refractivity contribution in [2.45, 2.75) is 51.5 Å². The van der Waals surface area contributed by atoms with Crippen molar-refractivity contribution in [2.24, 2.45) is 11.7 Å². The second kappa shape index (κ2) is 7.57. The molecule has 0 aliphatic heterocycles. The molecule has 0 aromatic heterocycles. The third kappa shape index (κ3) is 4.15. The lowest BCUT2D eigenvalue weighted by Crippen LogP contribution is -2.50. The van der Waals surface area contributed by atoms with Crippen LogP contribution in [0.3, 0.4) is 0 Å². The third-order valence-corrected chi connectivity index (χ3v) is 6.19. The van der Waals surface area contributed by atoms with E-state index in [1.807, 2.05) is 0 Å². The van der Waals surface area contributed by atoms with Crippen molar-refractivity contribution in [1.29, 1.82) is 0 Å². The van der Waals surface area contributed by atoms with Gasteiger partial charge in [-0.2, -0.15) is 17.0 Å². The molecule has 0 bridgehead atoms. The molecule has 0 aromatic carbocycles. The van der Waals surface area contributed by atoms with Crippen LogP contribution in [0.1, 0.15) is 45.4 Å². The van der Waals surface area contributed by atoms with Gasteiger partial charge in [0.05, 0.1) is 0 Å². The summed E-state index contributed by atoms with van der Waals surface area (Å²) in [6, 6.07) is 0.0628. The summed E-state index contributed by atoms with van der Waals surface area (Å²) in [6.45, 7) is 3.22. The van der Waals surface area contributed by atoms with Gasteiger partial charge in [-0.05, 0) is 31.7 Å². The molecule has 0 saturated heterocycles. The van der Waals surface area contributed by atoms with Crippen LogP contribution in [0.4, 0.5) is 0 Å². The monoisotopic (exact) mass is 291 g/mol. The van der Waals surface area contributed by atoms with Crippen LogP contribution in [0.5, 0.6) is 0 Å². The predicted octanol–water partition coefficient (Wildman–Crippen LogP) is 1.41. The highest BCUT2D eigenvalue weighted by Crippen LogP contribution is 2.29. The summed E-state index contributed by atoms with van der Waals surface area (Å²) in [5.74, 6) is 0.299. The normalized spacial score (nSPS) is 25.2. The Kier molecular flexibility index (Phi) is 6.73. The van der Waals surface area contributed by atoms with Crippen molar-refractivity contribution < 1.29 is 8.42 Å². The molecule has 6 heteroatoms. The molecular weight excluding hydrogens is 262 g/mol. The quantitative estimate of drug-likeness (QED) is 0.771. The van der Waals surface area contributed by atoms with Crippen LogP contribution in [0.15, 0.2) is 0 Å². The Bertz CT molecular complexity index is 359. The van der Waals surface area contributed by atoms with Crippen molar-refractivity contribution in [3.63, 3.8) is 0 Å². The van der Waals surface area contributed by atoms with E-state index in [9.17, 15) is 8.42 Å². The van der Waals surface area contributed by atoms with Crippen molar-refractivity contribution in [1.82, 2.24) is 8.61 Å². The zero-order chi connectivity index (χ0) is 14.5. The molecule has 0 spiro atoms. The zero-order valence-electron chi connectivity index (χ0n) is 12.5. The minimum Gasteiger partial charge on any atom is -0.330 e. The maximum atomic E-state index is 12.5. The van der Waals surface area contributed by atoms with Gasteiger partial charge in [-0.25, -0.2) is 0 Å². The molecule has 2 atom stereocenters. The van der Waals surface area contributed by atoms with Gasteiger partial charge in [0.15, 0.2) is 0 Å². The van der Waals surface area contributed by atoms with Crippen LogP contribution in [0.2, 0.25) is 0 Å². The van der Waals surface area contributed by atoms with Crippen molar-refractivity contribution >= 4 is 10.2 Å². The van der Waals surface area contributed by atoms with Crippen LogP contribution in [0.25, 0.3) is 0 Å². The van der Waals surface area contributed by atoms with Crippen LogP contribution in [-0.4, -0.2) is 50.3 Å². The molecule has 2 N–H and O–H groups in total. The van der Waals surface area contributed by atoms with Gasteiger partial charge in [-0.1, -0.05) is 26.2 Å². The zero-order valence-corrected chi connectivity index (χ0v) is 13.3. The molecule has 19 heavy (non-hydrogen) atoms. The third-order valence-electron chi connectivity index (χ3n) is 4.22. The minimum absolute atomic E-state index is 0.0628. The Morgan fingerprint density at radius 3 is 2.42 bits per heavy atom. The van der Waals surface area contributed by atoms with E-state index in [1.165, 1.54) is 4.31 Å². The topological polar surface area (TPSA) is 66.6 Å². The molecule has 0 amide bonds. The average Bonchev–Trinajstić information content (AvgIpc) is 2.43. The maximum absolute atomic E-state index is 12.5. The van der Waals surface area contributed by atoms with Gasteiger partial charge >= 0.3 is 0 Å². The molecule has 1 aliphatic rings. The van der Waals surface area contributed by atoms with Gasteiger partial charge in [0.1, 0.15) is 0 Å². The van der Waals surface area contributed by atoms with Crippen molar-refractivity contribution in [3.05, 3.63) is 0 Å². The first-order valence-electron chi connectivity index (χ1n) is 7.34. The fourth-order valence-electron chi connectivity index (χ4n) is 2.83. The van der Waals surface area contributed by atoms with E-state index in [0.29, 0.717) is 19.0 Å². The Hall–Kier alpha value is -0.170. The van der Waals surface area contributed by atoms with E-state index in [2.05, 4.69) is 6.92 Å². The molecule has 0 aromatic rings. The molecule has 1 fully saturated rings. The molecule has 0 heterocycles. The molecule has 5 nitrogen and oxygen atoms in total. The first-order chi connectivity index (χ1) is 8.95. The van der Waals surface area contributed by atoms with E-state index >= 15 is 0 Å². The van der Waals surface area contributed by atoms with Gasteiger partial charge in [0.25, 0.3) is 10.2 Å². The highest BCUT2D eigenvalue weighted by atomic mass is 32.2. The number of unbranched alkanes of at least 4 members (excludes halogenated alkanes) is 1. The lowest BCUT2D eigenvalue weighted by Gasteiger charge is -2.38. The molecule has 1 rings (SSSR count). The molecule has 0 radical (unpaired) electrons. The smallest absolute Gasteiger partial charge is 0.281 e. The summed E-state index contributed by atoms with van der Waals surface area (Å²) < 4.78 is 28.0. The predicted molar refractivity (Wildman–Crippen MR) is 79.0 cm³/mol. The molecule has 2 unspecified atom stereocenters. The van der Waals surface area contributed by atoms with Crippen molar-refractivity contribution in [3.8, 4) is 0 Å². The summed E-state index contributed by atoms with van der Waals surface area (Å²) in [7, 11) is 0.0305. The van der Waals surface area contributed by atoms with Crippen LogP contribution >= 0.6 is 0 Å². The Morgan fingerprint density at radius 2 is 1.84 bits per heavy atom. The second-order valence-corrected chi connectivity index (χ2v) is 7.64. The molecule has 1 saturated carbocycles. The number of hydrogen-bond donors (Lipinski definition) is 1. The fourth-order valence-corrected chi connectivity index (χ4v) is 4.25. The molecule has 114 valence electrons. The van der Waals surface area contributed by atoms with E-state index in [0.717, 1.165) is 38.5 Å².